The second-order valence-corrected chi connectivity index (χ2v) is 3.88. The van der Waals surface area contributed by atoms with Gasteiger partial charge in [0.05, 0.1) is 0 Å². The van der Waals surface area contributed by atoms with Crippen molar-refractivity contribution in [1.29, 1.82) is 0 Å². The molecule has 0 saturated carbocycles. The number of carbonyl (C=O) groups excluding carboxylic acids is 1. The maximum absolute atomic E-state index is 13.0. The van der Waals surface area contributed by atoms with Crippen LogP contribution in [0.3, 0.4) is 0 Å². The molecule has 3 nitrogen and oxygen atoms in total. The Morgan fingerprint density at radius 3 is 2.83 bits per heavy atom. The van der Waals surface area contributed by atoms with Gasteiger partial charge in [-0.2, -0.15) is 0 Å². The topological polar surface area (TPSA) is 43.1 Å². The molecule has 2 aromatic carbocycles. The molecule has 0 saturated heterocycles. The zero-order valence-corrected chi connectivity index (χ0v) is 9.26. The Morgan fingerprint density at radius 1 is 1.17 bits per heavy atom. The van der Waals surface area contributed by atoms with E-state index >= 15 is 0 Å². The number of fused-ring (bicyclic) bond motifs is 1. The molecular formula is C14H8FNO2. The summed E-state index contributed by atoms with van der Waals surface area (Å²) in [5.74, 6) is -0.381. The predicted molar refractivity (Wildman–Crippen MR) is 64.8 cm³/mol. The molecular weight excluding hydrogens is 233 g/mol. The first-order valence-corrected chi connectivity index (χ1v) is 5.39. The molecule has 88 valence electrons. The van der Waals surface area contributed by atoms with Gasteiger partial charge in [-0.25, -0.2) is 4.39 Å². The highest BCUT2D eigenvalue weighted by Crippen LogP contribution is 2.29. The van der Waals surface area contributed by atoms with Crippen LogP contribution in [0.15, 0.2) is 47.0 Å². The minimum absolute atomic E-state index is 0.366. The second-order valence-electron chi connectivity index (χ2n) is 3.88. The molecule has 3 aromatic rings. The average Bonchev–Trinajstić information content (AvgIpc) is 2.81. The third kappa shape index (κ3) is 1.59. The first-order chi connectivity index (χ1) is 8.79. The first-order valence-electron chi connectivity index (χ1n) is 5.39. The molecule has 0 bridgehead atoms. The van der Waals surface area contributed by atoms with Crippen molar-refractivity contribution in [3.8, 4) is 11.3 Å². The van der Waals surface area contributed by atoms with E-state index in [9.17, 15) is 9.18 Å². The molecule has 0 radical (unpaired) electrons. The van der Waals surface area contributed by atoms with Crippen molar-refractivity contribution < 1.29 is 13.7 Å². The Labute approximate surface area is 102 Å². The zero-order valence-electron chi connectivity index (χ0n) is 9.26. The number of hydrogen-bond donors (Lipinski definition) is 0. The van der Waals surface area contributed by atoms with Crippen LogP contribution in [0.2, 0.25) is 0 Å². The van der Waals surface area contributed by atoms with Gasteiger partial charge in [0, 0.05) is 22.6 Å². The Morgan fingerprint density at radius 2 is 2.00 bits per heavy atom. The largest absolute Gasteiger partial charge is 0.356 e. The minimum atomic E-state index is -0.381. The molecule has 0 unspecified atom stereocenters. The molecule has 18 heavy (non-hydrogen) atoms. The number of nitrogens with zero attached hydrogens (tertiary/aromatic N) is 1. The third-order valence-corrected chi connectivity index (χ3v) is 2.78. The second kappa shape index (κ2) is 4.07. The highest BCUT2D eigenvalue weighted by atomic mass is 19.1. The van der Waals surface area contributed by atoms with Crippen molar-refractivity contribution >= 4 is 17.3 Å². The summed E-state index contributed by atoms with van der Waals surface area (Å²) in [6, 6.07) is 11.3. The van der Waals surface area contributed by atoms with Crippen molar-refractivity contribution in [1.82, 2.24) is 5.16 Å². The minimum Gasteiger partial charge on any atom is -0.356 e. The summed E-state index contributed by atoms with van der Waals surface area (Å²) >= 11 is 0. The summed E-state index contributed by atoms with van der Waals surface area (Å²) in [6.45, 7) is 0. The van der Waals surface area contributed by atoms with Gasteiger partial charge in [-0.1, -0.05) is 29.4 Å². The van der Waals surface area contributed by atoms with Crippen molar-refractivity contribution in [3.63, 3.8) is 0 Å². The van der Waals surface area contributed by atoms with E-state index in [1.807, 2.05) is 6.07 Å². The maximum atomic E-state index is 13.0. The van der Waals surface area contributed by atoms with Crippen LogP contribution in [0.4, 0.5) is 4.39 Å². The fourth-order valence-electron chi connectivity index (χ4n) is 1.92. The summed E-state index contributed by atoms with van der Waals surface area (Å²) in [5.41, 5.74) is 2.12. The van der Waals surface area contributed by atoms with E-state index in [1.165, 1.54) is 12.1 Å². The lowest BCUT2D eigenvalue weighted by atomic mass is 10.0. The summed E-state index contributed by atoms with van der Waals surface area (Å²) in [6.07, 6.45) is 0.763. The molecule has 0 spiro atoms. The molecule has 3 rings (SSSR count). The standard InChI is InChI=1S/C14H8FNO2/c15-10-5-6-12-13(7-10)18-16-14(12)11-4-2-1-3-9(11)8-17/h1-8H. The van der Waals surface area contributed by atoms with Crippen LogP contribution in [0.1, 0.15) is 10.4 Å². The first kappa shape index (κ1) is 10.7. The molecule has 0 aliphatic rings. The van der Waals surface area contributed by atoms with Crippen LogP contribution in [0, 0.1) is 5.82 Å². The SMILES string of the molecule is O=Cc1ccccc1-c1noc2cc(F)ccc12. The molecule has 0 atom stereocenters. The molecule has 0 fully saturated rings. The summed E-state index contributed by atoms with van der Waals surface area (Å²) in [4.78, 5) is 11.0. The lowest BCUT2D eigenvalue weighted by Crippen LogP contribution is -1.87. The Hall–Kier alpha value is -2.49. The highest BCUT2D eigenvalue weighted by molar-refractivity contribution is 5.97. The molecule has 0 N–H and O–H groups in total. The molecule has 1 heterocycles. The highest BCUT2D eigenvalue weighted by Gasteiger charge is 2.13. The molecule has 1 aromatic heterocycles. The monoisotopic (exact) mass is 241 g/mol. The van der Waals surface area contributed by atoms with Crippen molar-refractivity contribution in [2.24, 2.45) is 0 Å². The number of benzene rings is 2. The maximum Gasteiger partial charge on any atom is 0.170 e. The number of halogens is 1. The van der Waals surface area contributed by atoms with E-state index < -0.39 is 0 Å². The number of aromatic nitrogens is 1. The fraction of sp³-hybridized carbons (Fsp3) is 0. The Bertz CT molecular complexity index is 733. The van der Waals surface area contributed by atoms with Gasteiger partial charge in [-0.15, -0.1) is 0 Å². The van der Waals surface area contributed by atoms with Crippen LogP contribution >= 0.6 is 0 Å². The molecule has 0 aliphatic heterocycles. The predicted octanol–water partition coefficient (Wildman–Crippen LogP) is 3.45. The zero-order chi connectivity index (χ0) is 12.5. The molecule has 4 heteroatoms. The van der Waals surface area contributed by atoms with Crippen molar-refractivity contribution in [3.05, 3.63) is 53.8 Å². The van der Waals surface area contributed by atoms with Crippen LogP contribution in [-0.2, 0) is 0 Å². The quantitative estimate of drug-likeness (QED) is 0.645. The lowest BCUT2D eigenvalue weighted by molar-refractivity contribution is 0.112. The number of aldehydes is 1. The smallest absolute Gasteiger partial charge is 0.170 e. The van der Waals surface area contributed by atoms with Gasteiger partial charge in [0.25, 0.3) is 0 Å². The Kier molecular flexibility index (Phi) is 2.41. The number of rotatable bonds is 2. The fourth-order valence-corrected chi connectivity index (χ4v) is 1.92. The summed E-state index contributed by atoms with van der Waals surface area (Å²) in [7, 11) is 0. The normalized spacial score (nSPS) is 10.7. The van der Waals surface area contributed by atoms with Crippen LogP contribution in [0.25, 0.3) is 22.2 Å². The van der Waals surface area contributed by atoms with Gasteiger partial charge in [-0.3, -0.25) is 4.79 Å². The summed E-state index contributed by atoms with van der Waals surface area (Å²) in [5, 5.41) is 4.60. The van der Waals surface area contributed by atoms with E-state index in [4.69, 9.17) is 4.52 Å². The van der Waals surface area contributed by atoms with E-state index in [1.54, 1.807) is 24.3 Å². The van der Waals surface area contributed by atoms with Gasteiger partial charge in [-0.05, 0) is 12.1 Å². The summed E-state index contributed by atoms with van der Waals surface area (Å²) < 4.78 is 18.1. The van der Waals surface area contributed by atoms with Crippen LogP contribution < -0.4 is 0 Å². The third-order valence-electron chi connectivity index (χ3n) is 2.78. The van der Waals surface area contributed by atoms with Crippen LogP contribution in [0.5, 0.6) is 0 Å². The van der Waals surface area contributed by atoms with Crippen molar-refractivity contribution in [2.45, 2.75) is 0 Å². The number of hydrogen-bond acceptors (Lipinski definition) is 3. The number of carbonyl (C=O) groups is 1. The van der Waals surface area contributed by atoms with E-state index in [2.05, 4.69) is 5.16 Å². The van der Waals surface area contributed by atoms with Gasteiger partial charge >= 0.3 is 0 Å². The molecule has 0 amide bonds. The average molecular weight is 241 g/mol. The van der Waals surface area contributed by atoms with Gasteiger partial charge in [0.2, 0.25) is 0 Å². The lowest BCUT2D eigenvalue weighted by Gasteiger charge is -2.00. The van der Waals surface area contributed by atoms with Crippen molar-refractivity contribution in [2.75, 3.05) is 0 Å². The van der Waals surface area contributed by atoms with E-state index in [0.29, 0.717) is 27.8 Å². The molecule has 0 aliphatic carbocycles. The van der Waals surface area contributed by atoms with Gasteiger partial charge in [0.1, 0.15) is 11.5 Å². The Balaban J connectivity index is 2.29. The van der Waals surface area contributed by atoms with Crippen LogP contribution in [-0.4, -0.2) is 11.4 Å². The van der Waals surface area contributed by atoms with Gasteiger partial charge in [0.15, 0.2) is 11.9 Å². The van der Waals surface area contributed by atoms with Gasteiger partial charge < -0.3 is 4.52 Å². The van der Waals surface area contributed by atoms with E-state index in [0.717, 1.165) is 6.29 Å². The van der Waals surface area contributed by atoms with E-state index in [-0.39, 0.29) is 5.82 Å².